The van der Waals surface area contributed by atoms with Gasteiger partial charge >= 0.3 is 5.97 Å². The molecule has 0 aliphatic carbocycles. The van der Waals surface area contributed by atoms with Crippen molar-refractivity contribution in [2.75, 3.05) is 0 Å². The largest absolute Gasteiger partial charge is 0.477 e. The molecule has 0 spiro atoms. The van der Waals surface area contributed by atoms with Gasteiger partial charge in [-0.3, -0.25) is 0 Å². The van der Waals surface area contributed by atoms with Gasteiger partial charge in [0.05, 0.1) is 0 Å². The van der Waals surface area contributed by atoms with Gasteiger partial charge < -0.3 is 15.8 Å². The van der Waals surface area contributed by atoms with E-state index < -0.39 is 5.97 Å². The van der Waals surface area contributed by atoms with Crippen molar-refractivity contribution in [1.29, 1.82) is 0 Å². The third-order valence-corrected chi connectivity index (χ3v) is 1.27. The van der Waals surface area contributed by atoms with Gasteiger partial charge in [-0.25, -0.2) is 4.79 Å². The fourth-order valence-electron chi connectivity index (χ4n) is 0.771. The first-order valence-corrected chi connectivity index (χ1v) is 2.85. The molecule has 0 bridgehead atoms. The summed E-state index contributed by atoms with van der Waals surface area (Å²) in [6.45, 7) is 0.255. The Hall–Kier alpha value is -1.29. The minimum absolute atomic E-state index is 0.183. The van der Waals surface area contributed by atoms with Gasteiger partial charge in [-0.1, -0.05) is 0 Å². The number of carbonyl (C=O) groups is 1. The highest BCUT2D eigenvalue weighted by atomic mass is 16.4. The van der Waals surface area contributed by atoms with Gasteiger partial charge in [-0.05, 0) is 11.6 Å². The summed E-state index contributed by atoms with van der Waals surface area (Å²) < 4.78 is 0. The van der Waals surface area contributed by atoms with Crippen LogP contribution in [0, 0.1) is 0 Å². The molecular formula is C6H8N2O2. The van der Waals surface area contributed by atoms with E-state index in [9.17, 15) is 4.79 Å². The van der Waals surface area contributed by atoms with Crippen LogP contribution in [-0.2, 0) is 6.54 Å². The molecule has 0 aliphatic heterocycles. The Balaban J connectivity index is 3.01. The third kappa shape index (κ3) is 1.01. The normalized spacial score (nSPS) is 9.70. The molecule has 0 saturated carbocycles. The molecular weight excluding hydrogens is 132 g/mol. The maximum Gasteiger partial charge on any atom is 0.352 e. The number of aromatic nitrogens is 1. The Kier molecular flexibility index (Phi) is 1.73. The van der Waals surface area contributed by atoms with E-state index >= 15 is 0 Å². The highest BCUT2D eigenvalue weighted by Crippen LogP contribution is 2.04. The molecule has 0 unspecified atom stereocenters. The molecule has 1 aromatic rings. The van der Waals surface area contributed by atoms with Gasteiger partial charge in [0.25, 0.3) is 0 Å². The van der Waals surface area contributed by atoms with Crippen molar-refractivity contribution in [2.45, 2.75) is 6.54 Å². The van der Waals surface area contributed by atoms with Crippen molar-refractivity contribution in [3.05, 3.63) is 23.5 Å². The first-order valence-electron chi connectivity index (χ1n) is 2.85. The van der Waals surface area contributed by atoms with Crippen LogP contribution in [0.5, 0.6) is 0 Å². The maximum absolute atomic E-state index is 10.4. The second-order valence-corrected chi connectivity index (χ2v) is 1.89. The molecule has 0 radical (unpaired) electrons. The van der Waals surface area contributed by atoms with Crippen LogP contribution in [0.4, 0.5) is 0 Å². The van der Waals surface area contributed by atoms with Crippen molar-refractivity contribution >= 4 is 5.97 Å². The summed E-state index contributed by atoms with van der Waals surface area (Å²) in [6.07, 6.45) is 1.56. The van der Waals surface area contributed by atoms with E-state index in [4.69, 9.17) is 10.8 Å². The van der Waals surface area contributed by atoms with E-state index in [0.717, 1.165) is 0 Å². The first-order chi connectivity index (χ1) is 4.75. The summed E-state index contributed by atoms with van der Waals surface area (Å²) in [5.41, 5.74) is 6.06. The molecule has 0 aliphatic rings. The number of rotatable bonds is 2. The summed E-state index contributed by atoms with van der Waals surface area (Å²) in [6, 6.07) is 1.66. The molecule has 54 valence electrons. The monoisotopic (exact) mass is 140 g/mol. The van der Waals surface area contributed by atoms with Crippen LogP contribution in [0.15, 0.2) is 12.3 Å². The Labute approximate surface area is 57.7 Å². The number of nitrogens with two attached hydrogens (primary N) is 1. The molecule has 1 rings (SSSR count). The number of nitrogens with one attached hydrogen (secondary N) is 1. The highest BCUT2D eigenvalue weighted by Gasteiger charge is 2.07. The van der Waals surface area contributed by atoms with Gasteiger partial charge in [0.2, 0.25) is 0 Å². The molecule has 0 aromatic carbocycles. The zero-order valence-electron chi connectivity index (χ0n) is 5.29. The second kappa shape index (κ2) is 2.53. The smallest absolute Gasteiger partial charge is 0.352 e. The van der Waals surface area contributed by atoms with Crippen LogP contribution in [0.25, 0.3) is 0 Å². The number of H-pyrrole nitrogens is 1. The van der Waals surface area contributed by atoms with E-state index in [1.54, 1.807) is 12.3 Å². The molecule has 4 nitrogen and oxygen atoms in total. The van der Waals surface area contributed by atoms with E-state index in [0.29, 0.717) is 5.56 Å². The fourth-order valence-corrected chi connectivity index (χ4v) is 0.771. The summed E-state index contributed by atoms with van der Waals surface area (Å²) in [5, 5.41) is 8.50. The van der Waals surface area contributed by atoms with Crippen LogP contribution < -0.4 is 5.73 Å². The molecule has 4 N–H and O–H groups in total. The van der Waals surface area contributed by atoms with Crippen LogP contribution in [0.1, 0.15) is 16.1 Å². The van der Waals surface area contributed by atoms with Gasteiger partial charge in [0, 0.05) is 12.7 Å². The number of hydrogen-bond donors (Lipinski definition) is 3. The second-order valence-electron chi connectivity index (χ2n) is 1.89. The minimum Gasteiger partial charge on any atom is -0.477 e. The average molecular weight is 140 g/mol. The zero-order valence-corrected chi connectivity index (χ0v) is 5.29. The summed E-state index contributed by atoms with van der Waals surface area (Å²) in [4.78, 5) is 12.9. The summed E-state index contributed by atoms with van der Waals surface area (Å²) >= 11 is 0. The van der Waals surface area contributed by atoms with Crippen molar-refractivity contribution in [3.8, 4) is 0 Å². The lowest BCUT2D eigenvalue weighted by Crippen LogP contribution is -2.04. The van der Waals surface area contributed by atoms with Gasteiger partial charge in [-0.15, -0.1) is 0 Å². The lowest BCUT2D eigenvalue weighted by molar-refractivity contribution is 0.0690. The molecule has 1 heterocycles. The zero-order chi connectivity index (χ0) is 7.56. The minimum atomic E-state index is -0.967. The van der Waals surface area contributed by atoms with Crippen molar-refractivity contribution in [2.24, 2.45) is 5.73 Å². The molecule has 1 aromatic heterocycles. The highest BCUT2D eigenvalue weighted by molar-refractivity contribution is 5.87. The van der Waals surface area contributed by atoms with Gasteiger partial charge in [-0.2, -0.15) is 0 Å². The van der Waals surface area contributed by atoms with Crippen LogP contribution in [0.3, 0.4) is 0 Å². The number of carboxylic acid groups (broad SMARTS) is 1. The number of carboxylic acids is 1. The number of aromatic amines is 1. The maximum atomic E-state index is 10.4. The lowest BCUT2D eigenvalue weighted by Gasteiger charge is -1.92. The SMILES string of the molecule is NCc1cc[nH]c1C(=O)O. The van der Waals surface area contributed by atoms with Crippen molar-refractivity contribution in [1.82, 2.24) is 4.98 Å². The quantitative estimate of drug-likeness (QED) is 0.548. The predicted molar refractivity (Wildman–Crippen MR) is 35.6 cm³/mol. The van der Waals surface area contributed by atoms with Crippen LogP contribution >= 0.6 is 0 Å². The summed E-state index contributed by atoms with van der Waals surface area (Å²) in [5.74, 6) is -0.967. The Bertz CT molecular complexity index is 242. The molecule has 0 atom stereocenters. The molecule has 0 fully saturated rings. The first kappa shape index (κ1) is 6.82. The van der Waals surface area contributed by atoms with Crippen molar-refractivity contribution in [3.63, 3.8) is 0 Å². The fraction of sp³-hybridized carbons (Fsp3) is 0.167. The molecule has 0 amide bonds. The van der Waals surface area contributed by atoms with E-state index in [1.165, 1.54) is 0 Å². The van der Waals surface area contributed by atoms with E-state index in [1.807, 2.05) is 0 Å². The molecule has 4 heteroatoms. The number of hydrogen-bond acceptors (Lipinski definition) is 2. The summed E-state index contributed by atoms with van der Waals surface area (Å²) in [7, 11) is 0. The van der Waals surface area contributed by atoms with E-state index in [2.05, 4.69) is 4.98 Å². The number of aromatic carboxylic acids is 1. The van der Waals surface area contributed by atoms with Crippen molar-refractivity contribution < 1.29 is 9.90 Å². The lowest BCUT2D eigenvalue weighted by atomic mass is 10.2. The third-order valence-electron chi connectivity index (χ3n) is 1.27. The average Bonchev–Trinajstić information content (AvgIpc) is 2.33. The predicted octanol–water partition coefficient (Wildman–Crippen LogP) is 0.172. The molecule has 0 saturated heterocycles. The molecule has 10 heavy (non-hydrogen) atoms. The standard InChI is InChI=1S/C6H8N2O2/c7-3-4-1-2-8-5(4)6(9)10/h1-2,8H,3,7H2,(H,9,10). The Morgan fingerprint density at radius 1 is 1.80 bits per heavy atom. The van der Waals surface area contributed by atoms with Gasteiger partial charge in [0.15, 0.2) is 0 Å². The van der Waals surface area contributed by atoms with Gasteiger partial charge in [0.1, 0.15) is 5.69 Å². The van der Waals surface area contributed by atoms with E-state index in [-0.39, 0.29) is 12.2 Å². The van der Waals surface area contributed by atoms with Crippen LogP contribution in [0.2, 0.25) is 0 Å². The Morgan fingerprint density at radius 2 is 2.50 bits per heavy atom. The van der Waals surface area contributed by atoms with Crippen LogP contribution in [-0.4, -0.2) is 16.1 Å². The Morgan fingerprint density at radius 3 is 2.90 bits per heavy atom. The topological polar surface area (TPSA) is 79.1 Å².